The van der Waals surface area contributed by atoms with Gasteiger partial charge in [-0.25, -0.2) is 0 Å². The Hall–Kier alpha value is 0.991. The molecule has 0 aliphatic carbocycles. The van der Waals surface area contributed by atoms with Crippen LogP contribution in [0.5, 0.6) is 0 Å². The van der Waals surface area contributed by atoms with E-state index in [1.54, 1.807) is 0 Å². The molecular formula is CH4B3F12K-2. The third kappa shape index (κ3) is 3890. The maximum atomic E-state index is 9.75. The fourth-order valence-electron chi connectivity index (χ4n) is 0. The summed E-state index contributed by atoms with van der Waals surface area (Å²) >= 11 is 0. The van der Waals surface area contributed by atoms with E-state index in [1.165, 1.54) is 0 Å². The molecule has 0 aromatic carbocycles. The molecule has 0 heterocycles. The summed E-state index contributed by atoms with van der Waals surface area (Å²) in [6, 6.07) is 0. The molecule has 0 unspecified atom stereocenters. The van der Waals surface area contributed by atoms with Crippen molar-refractivity contribution in [2.45, 2.75) is 7.43 Å². The summed E-state index contributed by atoms with van der Waals surface area (Å²) in [6.45, 7) is 0. The Morgan fingerprint density at radius 1 is 0.353 bits per heavy atom. The molecule has 0 nitrogen and oxygen atoms in total. The van der Waals surface area contributed by atoms with E-state index in [0.717, 1.165) is 0 Å². The Balaban J connectivity index is -0.0000000400. The molecule has 16 heteroatoms. The van der Waals surface area contributed by atoms with E-state index < -0.39 is 21.8 Å². The van der Waals surface area contributed by atoms with Crippen LogP contribution in [0, 0.1) is 0 Å². The van der Waals surface area contributed by atoms with Crippen LogP contribution in [-0.2, 0) is 0 Å². The van der Waals surface area contributed by atoms with E-state index >= 15 is 0 Å². The monoisotopic (exact) mass is 316 g/mol. The van der Waals surface area contributed by atoms with Crippen molar-refractivity contribution >= 4 is 21.8 Å². The fourth-order valence-corrected chi connectivity index (χ4v) is 0. The van der Waals surface area contributed by atoms with Crippen molar-refractivity contribution in [2.24, 2.45) is 0 Å². The van der Waals surface area contributed by atoms with Crippen LogP contribution >= 0.6 is 0 Å². The standard InChI is InChI=1S/CH4.3BF4.K/c;3*2-1(3,4)5;/h1H4;;;;/q;3*-1;+1. The largest absolute Gasteiger partial charge is 1.00 e. The zero-order valence-electron chi connectivity index (χ0n) is 7.27. The predicted molar refractivity (Wildman–Crippen MR) is 37.3 cm³/mol. The Morgan fingerprint density at radius 3 is 0.353 bits per heavy atom. The van der Waals surface area contributed by atoms with Gasteiger partial charge in [0.25, 0.3) is 0 Å². The molecule has 17 heavy (non-hydrogen) atoms. The zero-order chi connectivity index (χ0) is 13.5. The van der Waals surface area contributed by atoms with Crippen LogP contribution < -0.4 is 51.4 Å². The molecule has 0 fully saturated rings. The second-order valence-corrected chi connectivity index (χ2v) is 1.48. The molecule has 0 radical (unpaired) electrons. The van der Waals surface area contributed by atoms with Crippen LogP contribution in [0.3, 0.4) is 0 Å². The summed E-state index contributed by atoms with van der Waals surface area (Å²) in [5.41, 5.74) is 0. The molecule has 0 rings (SSSR count). The minimum atomic E-state index is -6.00. The summed E-state index contributed by atoms with van der Waals surface area (Å²) in [7, 11) is -18.0. The van der Waals surface area contributed by atoms with Gasteiger partial charge in [-0.1, -0.05) is 7.43 Å². The maximum Gasteiger partial charge on any atom is 1.00 e. The molecule has 0 saturated carbocycles. The number of rotatable bonds is 0. The number of hydrogen-bond acceptors (Lipinski definition) is 0. The van der Waals surface area contributed by atoms with Gasteiger partial charge < -0.3 is 51.8 Å². The first kappa shape index (κ1) is 30.8. The summed E-state index contributed by atoms with van der Waals surface area (Å²) < 4.78 is 117. The number of halogens is 12. The fraction of sp³-hybridized carbons (Fsp3) is 1.00. The van der Waals surface area contributed by atoms with Crippen LogP contribution in [0.2, 0.25) is 0 Å². The van der Waals surface area contributed by atoms with Gasteiger partial charge in [-0.15, -0.1) is 0 Å². The Kier molecular flexibility index (Phi) is 21.8. The molecule has 0 spiro atoms. The quantitative estimate of drug-likeness (QED) is 0.470. The third-order valence-electron chi connectivity index (χ3n) is 0. The Bertz CT molecular complexity index is 96.8. The number of hydrogen-bond donors (Lipinski definition) is 0. The van der Waals surface area contributed by atoms with E-state index in [2.05, 4.69) is 0 Å². The molecule has 0 atom stereocenters. The van der Waals surface area contributed by atoms with Gasteiger partial charge in [-0.05, 0) is 0 Å². The van der Waals surface area contributed by atoms with Crippen molar-refractivity contribution in [3.8, 4) is 0 Å². The average Bonchev–Trinajstić information content (AvgIpc) is 1.41. The molecule has 0 aromatic heterocycles. The van der Waals surface area contributed by atoms with Crippen molar-refractivity contribution in [3.05, 3.63) is 0 Å². The molecule has 0 aromatic rings. The van der Waals surface area contributed by atoms with Crippen molar-refractivity contribution in [1.82, 2.24) is 0 Å². The van der Waals surface area contributed by atoms with Crippen LogP contribution in [0.15, 0.2) is 0 Å². The Labute approximate surface area is 131 Å². The van der Waals surface area contributed by atoms with Gasteiger partial charge in [0.05, 0.1) is 0 Å². The van der Waals surface area contributed by atoms with E-state index in [0.29, 0.717) is 0 Å². The van der Waals surface area contributed by atoms with Crippen LogP contribution in [0.4, 0.5) is 51.8 Å². The first-order chi connectivity index (χ1) is 6.00. The van der Waals surface area contributed by atoms with Crippen molar-refractivity contribution in [2.75, 3.05) is 0 Å². The molecule has 0 amide bonds. The molecule has 0 N–H and O–H groups in total. The first-order valence-electron chi connectivity index (χ1n) is 2.62. The second kappa shape index (κ2) is 12.0. The predicted octanol–water partition coefficient (Wildman–Crippen LogP) is 1.54. The van der Waals surface area contributed by atoms with Crippen molar-refractivity contribution < 1.29 is 103 Å². The van der Waals surface area contributed by atoms with Crippen LogP contribution in [-0.4, -0.2) is 21.8 Å². The van der Waals surface area contributed by atoms with Gasteiger partial charge in [-0.3, -0.25) is 0 Å². The SMILES string of the molecule is C.F[B-](F)(F)F.F[B-](F)(F)F.F[B-](F)(F)F.[K+]. The minimum absolute atomic E-state index is 0. The molecule has 0 aliphatic rings. The minimum Gasteiger partial charge on any atom is -0.418 e. The van der Waals surface area contributed by atoms with Crippen molar-refractivity contribution in [3.63, 3.8) is 0 Å². The van der Waals surface area contributed by atoms with Crippen LogP contribution in [0.1, 0.15) is 7.43 Å². The normalized spacial score (nSPS) is 10.6. The summed E-state index contributed by atoms with van der Waals surface area (Å²) in [6.07, 6.45) is 0. The second-order valence-electron chi connectivity index (χ2n) is 1.48. The molecular weight excluding hydrogens is 312 g/mol. The van der Waals surface area contributed by atoms with Gasteiger partial charge in [0.15, 0.2) is 0 Å². The smallest absolute Gasteiger partial charge is 0.418 e. The zero-order valence-corrected chi connectivity index (χ0v) is 10.4. The molecule has 0 saturated heterocycles. The van der Waals surface area contributed by atoms with Gasteiger partial charge in [0.2, 0.25) is 0 Å². The average molecular weight is 316 g/mol. The van der Waals surface area contributed by atoms with Gasteiger partial charge in [-0.2, -0.15) is 0 Å². The van der Waals surface area contributed by atoms with E-state index in [-0.39, 0.29) is 58.8 Å². The molecule has 104 valence electrons. The van der Waals surface area contributed by atoms with Crippen molar-refractivity contribution in [1.29, 1.82) is 0 Å². The molecule has 0 aliphatic heterocycles. The van der Waals surface area contributed by atoms with Crippen LogP contribution in [0.25, 0.3) is 0 Å². The van der Waals surface area contributed by atoms with Gasteiger partial charge in [0, 0.05) is 0 Å². The summed E-state index contributed by atoms with van der Waals surface area (Å²) in [5, 5.41) is 0. The van der Waals surface area contributed by atoms with E-state index in [1.807, 2.05) is 0 Å². The summed E-state index contributed by atoms with van der Waals surface area (Å²) in [4.78, 5) is 0. The van der Waals surface area contributed by atoms with E-state index in [4.69, 9.17) is 0 Å². The maximum absolute atomic E-state index is 9.75. The first-order valence-corrected chi connectivity index (χ1v) is 2.62. The van der Waals surface area contributed by atoms with E-state index in [9.17, 15) is 51.8 Å². The third-order valence-corrected chi connectivity index (χ3v) is 0. The van der Waals surface area contributed by atoms with Gasteiger partial charge >= 0.3 is 73.1 Å². The van der Waals surface area contributed by atoms with Gasteiger partial charge in [0.1, 0.15) is 0 Å². The molecule has 0 bridgehead atoms. The topological polar surface area (TPSA) is 0 Å². The Morgan fingerprint density at radius 2 is 0.353 bits per heavy atom. The summed E-state index contributed by atoms with van der Waals surface area (Å²) in [5.74, 6) is 0.